The minimum atomic E-state index is -0.398. The van der Waals surface area contributed by atoms with Crippen LogP contribution in [0, 0.1) is 23.7 Å². The van der Waals surface area contributed by atoms with E-state index in [0.717, 1.165) is 0 Å². The third-order valence-electron chi connectivity index (χ3n) is 0.942. The van der Waals surface area contributed by atoms with Crippen LogP contribution in [0.3, 0.4) is 0 Å². The van der Waals surface area contributed by atoms with E-state index in [1.165, 1.54) is 0 Å². The normalized spacial score (nSPS) is 7.82. The molecule has 0 fully saturated rings. The summed E-state index contributed by atoms with van der Waals surface area (Å²) in [5, 5.41) is 8.11. The van der Waals surface area contributed by atoms with Gasteiger partial charge in [-0.1, -0.05) is 5.92 Å². The first-order valence-corrected chi connectivity index (χ1v) is 3.27. The standard InChI is InChI=1S/C8H9NO2/c1-2-5-8(10)11-7-4-3-6-9/h1H,3-5,7H2. The fraction of sp³-hybridized carbons (Fsp3) is 0.500. The Balaban J connectivity index is 3.20. The van der Waals surface area contributed by atoms with E-state index < -0.39 is 5.97 Å². The van der Waals surface area contributed by atoms with Gasteiger partial charge < -0.3 is 4.74 Å². The molecule has 0 saturated heterocycles. The van der Waals surface area contributed by atoms with Gasteiger partial charge in [0.05, 0.1) is 12.7 Å². The molecule has 58 valence electrons. The monoisotopic (exact) mass is 151 g/mol. The lowest BCUT2D eigenvalue weighted by atomic mass is 10.3. The Labute approximate surface area is 66.0 Å². The molecule has 0 saturated carbocycles. The molecule has 11 heavy (non-hydrogen) atoms. The predicted octanol–water partition coefficient (Wildman–Crippen LogP) is 0.857. The van der Waals surface area contributed by atoms with Crippen LogP contribution in [0.15, 0.2) is 0 Å². The van der Waals surface area contributed by atoms with Gasteiger partial charge in [0.25, 0.3) is 0 Å². The van der Waals surface area contributed by atoms with Gasteiger partial charge in [-0.25, -0.2) is 0 Å². The summed E-state index contributed by atoms with van der Waals surface area (Å²) in [6, 6.07) is 1.94. The first-order valence-electron chi connectivity index (χ1n) is 3.27. The van der Waals surface area contributed by atoms with Gasteiger partial charge in [0, 0.05) is 6.42 Å². The molecule has 0 bridgehead atoms. The van der Waals surface area contributed by atoms with Gasteiger partial charge in [0.1, 0.15) is 6.42 Å². The zero-order chi connectivity index (χ0) is 8.53. The summed E-state index contributed by atoms with van der Waals surface area (Å²) in [7, 11) is 0. The molecule has 0 radical (unpaired) electrons. The number of rotatable bonds is 4. The molecule has 0 amide bonds. The Morgan fingerprint density at radius 1 is 1.64 bits per heavy atom. The van der Waals surface area contributed by atoms with Gasteiger partial charge in [-0.3, -0.25) is 4.79 Å². The number of terminal acetylenes is 1. The van der Waals surface area contributed by atoms with E-state index in [2.05, 4.69) is 10.7 Å². The summed E-state index contributed by atoms with van der Waals surface area (Å²) in [5.74, 6) is 1.77. The van der Waals surface area contributed by atoms with Crippen molar-refractivity contribution >= 4 is 5.97 Å². The van der Waals surface area contributed by atoms with Crippen LogP contribution < -0.4 is 0 Å². The van der Waals surface area contributed by atoms with E-state index in [-0.39, 0.29) is 13.0 Å². The van der Waals surface area contributed by atoms with Crippen molar-refractivity contribution in [1.82, 2.24) is 0 Å². The molecule has 0 aliphatic carbocycles. The van der Waals surface area contributed by atoms with Crippen LogP contribution in [0.25, 0.3) is 0 Å². The van der Waals surface area contributed by atoms with Crippen molar-refractivity contribution in [3.05, 3.63) is 0 Å². The third-order valence-corrected chi connectivity index (χ3v) is 0.942. The van der Waals surface area contributed by atoms with E-state index >= 15 is 0 Å². The highest BCUT2D eigenvalue weighted by atomic mass is 16.5. The van der Waals surface area contributed by atoms with Crippen LogP contribution in [-0.4, -0.2) is 12.6 Å². The third kappa shape index (κ3) is 6.40. The second-order valence-corrected chi connectivity index (χ2v) is 1.86. The SMILES string of the molecule is C#CCC(=O)OCCCC#N. The second kappa shape index (κ2) is 6.64. The van der Waals surface area contributed by atoms with E-state index in [1.54, 1.807) is 0 Å². The summed E-state index contributed by atoms with van der Waals surface area (Å²) in [6.07, 6.45) is 5.85. The maximum Gasteiger partial charge on any atom is 0.317 e. The molecule has 0 heterocycles. The number of hydrogen-bond acceptors (Lipinski definition) is 3. The molecule has 0 aliphatic heterocycles. The summed E-state index contributed by atoms with van der Waals surface area (Å²) >= 11 is 0. The average Bonchev–Trinajstić information content (AvgIpc) is 1.99. The Kier molecular flexibility index (Phi) is 5.74. The number of nitrogens with zero attached hydrogens (tertiary/aromatic N) is 1. The lowest BCUT2D eigenvalue weighted by molar-refractivity contribution is -0.142. The molecular formula is C8H9NO2. The van der Waals surface area contributed by atoms with E-state index in [1.807, 2.05) is 6.07 Å². The van der Waals surface area contributed by atoms with E-state index in [9.17, 15) is 4.79 Å². The molecular weight excluding hydrogens is 142 g/mol. The van der Waals surface area contributed by atoms with Crippen LogP contribution in [-0.2, 0) is 9.53 Å². The molecule has 3 nitrogen and oxygen atoms in total. The number of hydrogen-bond donors (Lipinski definition) is 0. The zero-order valence-electron chi connectivity index (χ0n) is 6.17. The van der Waals surface area contributed by atoms with Crippen molar-refractivity contribution in [2.24, 2.45) is 0 Å². The van der Waals surface area contributed by atoms with Crippen molar-refractivity contribution in [1.29, 1.82) is 5.26 Å². The molecule has 0 N–H and O–H groups in total. The van der Waals surface area contributed by atoms with Crippen molar-refractivity contribution in [2.45, 2.75) is 19.3 Å². The van der Waals surface area contributed by atoms with Crippen molar-refractivity contribution in [3.63, 3.8) is 0 Å². The summed E-state index contributed by atoms with van der Waals surface area (Å²) in [4.78, 5) is 10.6. The molecule has 0 aromatic rings. The number of esters is 1. The van der Waals surface area contributed by atoms with Crippen LogP contribution in [0.4, 0.5) is 0 Å². The van der Waals surface area contributed by atoms with Gasteiger partial charge >= 0.3 is 5.97 Å². The Morgan fingerprint density at radius 3 is 2.91 bits per heavy atom. The maximum atomic E-state index is 10.6. The molecule has 0 aromatic heterocycles. The highest BCUT2D eigenvalue weighted by Gasteiger charge is 1.97. The van der Waals surface area contributed by atoms with E-state index in [4.69, 9.17) is 11.7 Å². The Hall–Kier alpha value is -1.48. The molecule has 0 aromatic carbocycles. The minimum Gasteiger partial charge on any atom is -0.465 e. The molecule has 0 atom stereocenters. The molecule has 3 heteroatoms. The largest absolute Gasteiger partial charge is 0.465 e. The summed E-state index contributed by atoms with van der Waals surface area (Å²) in [5.41, 5.74) is 0. The second-order valence-electron chi connectivity index (χ2n) is 1.86. The predicted molar refractivity (Wildman–Crippen MR) is 39.3 cm³/mol. The molecule has 0 spiro atoms. The molecule has 0 rings (SSSR count). The smallest absolute Gasteiger partial charge is 0.317 e. The number of nitriles is 1. The van der Waals surface area contributed by atoms with Gasteiger partial charge in [-0.15, -0.1) is 6.42 Å². The average molecular weight is 151 g/mol. The van der Waals surface area contributed by atoms with Gasteiger partial charge in [-0.05, 0) is 6.42 Å². The number of unbranched alkanes of at least 4 members (excludes halogenated alkanes) is 1. The minimum absolute atomic E-state index is 0.00650. The van der Waals surface area contributed by atoms with Crippen molar-refractivity contribution < 1.29 is 9.53 Å². The molecule has 0 unspecified atom stereocenters. The lowest BCUT2D eigenvalue weighted by Gasteiger charge is -1.98. The highest BCUT2D eigenvalue weighted by molar-refractivity contribution is 5.72. The fourth-order valence-electron chi connectivity index (χ4n) is 0.472. The number of carbonyl (C=O) groups excluding carboxylic acids is 1. The van der Waals surface area contributed by atoms with Crippen LogP contribution in [0.1, 0.15) is 19.3 Å². The van der Waals surface area contributed by atoms with Gasteiger partial charge in [-0.2, -0.15) is 5.26 Å². The first kappa shape index (κ1) is 9.52. The number of carbonyl (C=O) groups is 1. The molecule has 0 aliphatic rings. The first-order chi connectivity index (χ1) is 5.31. The Bertz CT molecular complexity index is 197. The van der Waals surface area contributed by atoms with Gasteiger partial charge in [0.2, 0.25) is 0 Å². The summed E-state index contributed by atoms with van der Waals surface area (Å²) < 4.78 is 4.65. The maximum absolute atomic E-state index is 10.6. The topological polar surface area (TPSA) is 50.1 Å². The van der Waals surface area contributed by atoms with Crippen molar-refractivity contribution in [2.75, 3.05) is 6.61 Å². The van der Waals surface area contributed by atoms with Crippen LogP contribution in [0.2, 0.25) is 0 Å². The van der Waals surface area contributed by atoms with Gasteiger partial charge in [0.15, 0.2) is 0 Å². The number of ether oxygens (including phenoxy) is 1. The van der Waals surface area contributed by atoms with E-state index in [0.29, 0.717) is 12.8 Å². The van der Waals surface area contributed by atoms with Crippen LogP contribution in [0.5, 0.6) is 0 Å². The fourth-order valence-corrected chi connectivity index (χ4v) is 0.472. The zero-order valence-corrected chi connectivity index (χ0v) is 6.17. The lowest BCUT2D eigenvalue weighted by Crippen LogP contribution is -2.03. The summed E-state index contributed by atoms with van der Waals surface area (Å²) in [6.45, 7) is 0.286. The van der Waals surface area contributed by atoms with Crippen LogP contribution >= 0.6 is 0 Å². The quantitative estimate of drug-likeness (QED) is 0.340. The highest BCUT2D eigenvalue weighted by Crippen LogP contribution is 1.90. The Morgan fingerprint density at radius 2 is 2.36 bits per heavy atom. The van der Waals surface area contributed by atoms with Crippen molar-refractivity contribution in [3.8, 4) is 18.4 Å².